The number of anilines is 1. The van der Waals surface area contributed by atoms with E-state index in [1.54, 1.807) is 12.1 Å². The Morgan fingerprint density at radius 1 is 0.893 bits per heavy atom. The van der Waals surface area contributed by atoms with Crippen molar-refractivity contribution in [1.82, 2.24) is 4.31 Å². The summed E-state index contributed by atoms with van der Waals surface area (Å²) in [6.45, 7) is 1.07. The van der Waals surface area contributed by atoms with Crippen LogP contribution in [0, 0.1) is 11.8 Å². The van der Waals surface area contributed by atoms with E-state index in [1.807, 2.05) is 0 Å². The molecule has 8 heteroatoms. The SMILES string of the molecule is O=C([O-])[C@@H]1CCCC[C@H]1C(=O)Nc1ccc(S(=O)(=O)N2CCCCCC2)cc1. The van der Waals surface area contributed by atoms with Crippen molar-refractivity contribution in [3.8, 4) is 0 Å². The lowest BCUT2D eigenvalue weighted by molar-refractivity contribution is -0.313. The third-order valence-electron chi connectivity index (χ3n) is 5.73. The minimum absolute atomic E-state index is 0.206. The second-order valence-corrected chi connectivity index (χ2v) is 9.59. The van der Waals surface area contributed by atoms with Crippen LogP contribution >= 0.6 is 0 Å². The highest BCUT2D eigenvalue weighted by atomic mass is 32.2. The lowest BCUT2D eigenvalue weighted by Gasteiger charge is -2.31. The molecule has 28 heavy (non-hydrogen) atoms. The van der Waals surface area contributed by atoms with Gasteiger partial charge in [0.05, 0.1) is 4.90 Å². The highest BCUT2D eigenvalue weighted by Gasteiger charge is 2.32. The van der Waals surface area contributed by atoms with Crippen LogP contribution in [-0.4, -0.2) is 37.7 Å². The summed E-state index contributed by atoms with van der Waals surface area (Å²) in [4.78, 5) is 24.0. The maximum atomic E-state index is 12.8. The van der Waals surface area contributed by atoms with Crippen molar-refractivity contribution in [2.45, 2.75) is 56.3 Å². The van der Waals surface area contributed by atoms with Gasteiger partial charge in [-0.15, -0.1) is 0 Å². The average molecular weight is 408 g/mol. The lowest BCUT2D eigenvalue weighted by Crippen LogP contribution is -2.42. The Balaban J connectivity index is 1.68. The van der Waals surface area contributed by atoms with Gasteiger partial charge in [0.1, 0.15) is 0 Å². The number of carbonyl (C=O) groups is 2. The van der Waals surface area contributed by atoms with Gasteiger partial charge in [-0.25, -0.2) is 8.42 Å². The largest absolute Gasteiger partial charge is 0.550 e. The van der Waals surface area contributed by atoms with Crippen molar-refractivity contribution in [3.05, 3.63) is 24.3 Å². The van der Waals surface area contributed by atoms with Crippen LogP contribution in [0.3, 0.4) is 0 Å². The molecule has 2 atom stereocenters. The smallest absolute Gasteiger partial charge is 0.243 e. The van der Waals surface area contributed by atoms with Gasteiger partial charge in [-0.1, -0.05) is 25.7 Å². The first kappa shape index (κ1) is 20.8. The van der Waals surface area contributed by atoms with Crippen molar-refractivity contribution in [3.63, 3.8) is 0 Å². The zero-order valence-electron chi connectivity index (χ0n) is 15.9. The summed E-state index contributed by atoms with van der Waals surface area (Å²) in [7, 11) is -3.54. The van der Waals surface area contributed by atoms with Gasteiger partial charge in [0.2, 0.25) is 15.9 Å². The Kier molecular flexibility index (Phi) is 6.72. The number of carbonyl (C=O) groups excluding carboxylic acids is 2. The molecule has 0 spiro atoms. The first-order valence-electron chi connectivity index (χ1n) is 10.0. The van der Waals surface area contributed by atoms with E-state index in [1.165, 1.54) is 16.4 Å². The van der Waals surface area contributed by atoms with E-state index in [0.717, 1.165) is 38.5 Å². The van der Waals surface area contributed by atoms with Crippen LogP contribution in [0.2, 0.25) is 0 Å². The van der Waals surface area contributed by atoms with Gasteiger partial charge in [0.25, 0.3) is 0 Å². The summed E-state index contributed by atoms with van der Waals surface area (Å²) in [6.07, 6.45) is 6.40. The fraction of sp³-hybridized carbons (Fsp3) is 0.600. The number of amides is 1. The van der Waals surface area contributed by atoms with E-state index in [2.05, 4.69) is 5.32 Å². The molecule has 1 aromatic carbocycles. The second-order valence-electron chi connectivity index (χ2n) is 7.65. The van der Waals surface area contributed by atoms with E-state index in [4.69, 9.17) is 0 Å². The fourth-order valence-corrected chi connectivity index (χ4v) is 5.62. The number of aliphatic carboxylic acids is 1. The van der Waals surface area contributed by atoms with E-state index in [9.17, 15) is 23.1 Å². The van der Waals surface area contributed by atoms with Crippen LogP contribution in [0.1, 0.15) is 51.4 Å². The monoisotopic (exact) mass is 407 g/mol. The number of hydrogen-bond donors (Lipinski definition) is 1. The van der Waals surface area contributed by atoms with E-state index in [0.29, 0.717) is 31.6 Å². The number of rotatable bonds is 5. The van der Waals surface area contributed by atoms with Crippen LogP contribution in [0.5, 0.6) is 0 Å². The van der Waals surface area contributed by atoms with Crippen LogP contribution in [0.15, 0.2) is 29.2 Å². The van der Waals surface area contributed by atoms with Crippen LogP contribution < -0.4 is 10.4 Å². The molecule has 154 valence electrons. The van der Waals surface area contributed by atoms with Crippen molar-refractivity contribution in [2.24, 2.45) is 11.8 Å². The zero-order valence-corrected chi connectivity index (χ0v) is 16.7. The quantitative estimate of drug-likeness (QED) is 0.800. The molecule has 1 amide bonds. The molecule has 1 aliphatic heterocycles. The highest BCUT2D eigenvalue weighted by Crippen LogP contribution is 2.31. The molecule has 7 nitrogen and oxygen atoms in total. The van der Waals surface area contributed by atoms with Gasteiger partial charge in [-0.3, -0.25) is 4.79 Å². The molecule has 1 saturated carbocycles. The molecule has 3 rings (SSSR count). The number of nitrogens with zero attached hydrogens (tertiary/aromatic N) is 1. The number of hydrogen-bond acceptors (Lipinski definition) is 5. The van der Waals surface area contributed by atoms with Crippen molar-refractivity contribution in [2.75, 3.05) is 18.4 Å². The normalized spacial score (nSPS) is 24.3. The van der Waals surface area contributed by atoms with Crippen molar-refractivity contribution in [1.29, 1.82) is 0 Å². The number of benzene rings is 1. The van der Waals surface area contributed by atoms with Gasteiger partial charge in [0.15, 0.2) is 0 Å². The van der Waals surface area contributed by atoms with Crippen molar-refractivity contribution < 1.29 is 23.1 Å². The maximum absolute atomic E-state index is 12.8. The first-order chi connectivity index (χ1) is 13.4. The van der Waals surface area contributed by atoms with Crippen molar-refractivity contribution >= 4 is 27.6 Å². The predicted octanol–water partition coefficient (Wildman–Crippen LogP) is 1.75. The predicted molar refractivity (Wildman–Crippen MR) is 103 cm³/mol. The minimum atomic E-state index is -3.54. The Bertz CT molecular complexity index is 798. The summed E-state index contributed by atoms with van der Waals surface area (Å²) in [5.41, 5.74) is 0.461. The van der Waals surface area contributed by atoms with E-state index in [-0.39, 0.29) is 10.8 Å². The summed E-state index contributed by atoms with van der Waals surface area (Å²) < 4.78 is 27.1. The Morgan fingerprint density at radius 3 is 2.04 bits per heavy atom. The first-order valence-corrected chi connectivity index (χ1v) is 11.5. The average Bonchev–Trinajstić information content (AvgIpc) is 2.98. The summed E-state index contributed by atoms with van der Waals surface area (Å²) in [5.74, 6) is -2.91. The van der Waals surface area contributed by atoms with E-state index < -0.39 is 27.8 Å². The Labute approximate surface area is 166 Å². The number of sulfonamides is 1. The van der Waals surface area contributed by atoms with Crippen LogP contribution in [-0.2, 0) is 19.6 Å². The molecule has 1 saturated heterocycles. The number of carboxylic acids is 1. The third kappa shape index (κ3) is 4.72. The molecule has 1 N–H and O–H groups in total. The zero-order chi connectivity index (χ0) is 20.1. The standard InChI is InChI=1S/C20H28N2O5S/c23-19(17-7-3-4-8-18(17)20(24)25)21-15-9-11-16(12-10-15)28(26,27)22-13-5-1-2-6-14-22/h9-12,17-18H,1-8,13-14H2,(H,21,23)(H,24,25)/p-1/t17-,18-/m1/s1. The lowest BCUT2D eigenvalue weighted by atomic mass is 9.78. The fourth-order valence-electron chi connectivity index (χ4n) is 4.10. The summed E-state index contributed by atoms with van der Waals surface area (Å²) in [6, 6.07) is 6.10. The maximum Gasteiger partial charge on any atom is 0.243 e. The molecule has 1 aromatic rings. The molecule has 0 bridgehead atoms. The Hall–Kier alpha value is -1.93. The molecule has 2 fully saturated rings. The summed E-state index contributed by atoms with van der Waals surface area (Å²) >= 11 is 0. The van der Waals surface area contributed by atoms with Crippen LogP contribution in [0.25, 0.3) is 0 Å². The molecule has 0 unspecified atom stereocenters. The molecule has 1 heterocycles. The van der Waals surface area contributed by atoms with Gasteiger partial charge in [-0.05, 0) is 49.9 Å². The van der Waals surface area contributed by atoms with Gasteiger partial charge in [0, 0.05) is 36.6 Å². The number of nitrogens with one attached hydrogen (secondary N) is 1. The summed E-state index contributed by atoms with van der Waals surface area (Å²) in [5, 5.41) is 14.0. The number of carboxylic acid groups (broad SMARTS) is 1. The second kappa shape index (κ2) is 9.05. The molecular weight excluding hydrogens is 380 g/mol. The molecular formula is C20H27N2O5S-. The molecule has 2 aliphatic rings. The Morgan fingerprint density at radius 2 is 1.46 bits per heavy atom. The minimum Gasteiger partial charge on any atom is -0.550 e. The highest BCUT2D eigenvalue weighted by molar-refractivity contribution is 7.89. The van der Waals surface area contributed by atoms with Crippen LogP contribution in [0.4, 0.5) is 5.69 Å². The topological polar surface area (TPSA) is 107 Å². The van der Waals surface area contributed by atoms with Gasteiger partial charge in [-0.2, -0.15) is 4.31 Å². The van der Waals surface area contributed by atoms with Gasteiger partial charge >= 0.3 is 0 Å². The third-order valence-corrected chi connectivity index (χ3v) is 7.64. The molecule has 0 radical (unpaired) electrons. The van der Waals surface area contributed by atoms with E-state index >= 15 is 0 Å². The van der Waals surface area contributed by atoms with Gasteiger partial charge < -0.3 is 15.2 Å². The molecule has 1 aliphatic carbocycles. The molecule has 0 aromatic heterocycles.